The number of benzene rings is 1. The minimum atomic E-state index is 0.159. The van der Waals surface area contributed by atoms with Gasteiger partial charge in [-0.1, -0.05) is 18.2 Å². The third-order valence-electron chi connectivity index (χ3n) is 6.41. The van der Waals surface area contributed by atoms with Gasteiger partial charge in [-0.05, 0) is 37.3 Å². The average molecular weight is 375 g/mol. The number of anilines is 1. The van der Waals surface area contributed by atoms with Crippen molar-refractivity contribution in [2.75, 3.05) is 24.5 Å². The number of carbonyl (C=O) groups excluding carboxylic acids is 1. The Bertz CT molecular complexity index is 989. The van der Waals surface area contributed by atoms with E-state index in [9.17, 15) is 4.79 Å². The fraction of sp³-hybridized carbons (Fsp3) is 0.409. The first-order valence-corrected chi connectivity index (χ1v) is 9.99. The maximum Gasteiger partial charge on any atom is 0.271 e. The summed E-state index contributed by atoms with van der Waals surface area (Å²) in [6, 6.07) is 8.47. The zero-order chi connectivity index (χ0) is 19.3. The quantitative estimate of drug-likeness (QED) is 0.691. The molecular formula is C22H25N5O. The number of amides is 1. The standard InChI is InChI=1S/C22H25N5O/c1-15-18-5-3-4-6-19(18)25(2)21(15)22(28)27-13-16-7-8-17(27)14-26(12-16)20-11-23-9-10-24-20/h3-6,9-11,16-17H,7-8,12-14H2,1-2H3/t16-,17+/m0/s1. The summed E-state index contributed by atoms with van der Waals surface area (Å²) in [5.41, 5.74) is 3.01. The lowest BCUT2D eigenvalue weighted by molar-refractivity contribution is 0.0582. The van der Waals surface area contributed by atoms with E-state index in [0.717, 1.165) is 54.0 Å². The summed E-state index contributed by atoms with van der Waals surface area (Å²) in [7, 11) is 2.00. The normalized spacial score (nSPS) is 21.9. The fourth-order valence-corrected chi connectivity index (χ4v) is 4.99. The molecule has 3 aliphatic rings. The van der Waals surface area contributed by atoms with Gasteiger partial charge in [0, 0.05) is 56.0 Å². The van der Waals surface area contributed by atoms with Gasteiger partial charge in [0.25, 0.3) is 5.91 Å². The maximum absolute atomic E-state index is 13.7. The molecule has 0 unspecified atom stereocenters. The molecule has 0 N–H and O–H groups in total. The molecule has 0 aliphatic carbocycles. The number of fused-ring (bicyclic) bond motifs is 5. The van der Waals surface area contributed by atoms with Crippen molar-refractivity contribution in [2.24, 2.45) is 13.0 Å². The number of para-hydroxylation sites is 1. The van der Waals surface area contributed by atoms with Gasteiger partial charge < -0.3 is 14.4 Å². The first kappa shape index (κ1) is 17.2. The Balaban J connectivity index is 1.48. The molecule has 2 aromatic heterocycles. The van der Waals surface area contributed by atoms with E-state index in [4.69, 9.17) is 0 Å². The van der Waals surface area contributed by atoms with E-state index < -0.39 is 0 Å². The van der Waals surface area contributed by atoms with Crippen LogP contribution in [0.5, 0.6) is 0 Å². The van der Waals surface area contributed by atoms with E-state index in [1.165, 1.54) is 6.42 Å². The molecule has 0 radical (unpaired) electrons. The molecule has 1 amide bonds. The molecule has 3 saturated heterocycles. The Kier molecular flexibility index (Phi) is 4.07. The average Bonchev–Trinajstić information content (AvgIpc) is 2.92. The molecule has 6 rings (SSSR count). The van der Waals surface area contributed by atoms with Crippen LogP contribution in [0.15, 0.2) is 42.9 Å². The van der Waals surface area contributed by atoms with E-state index in [2.05, 4.69) is 43.4 Å². The van der Waals surface area contributed by atoms with E-state index >= 15 is 0 Å². The molecule has 5 heterocycles. The molecule has 3 aromatic rings. The van der Waals surface area contributed by atoms with Crippen LogP contribution in [0.3, 0.4) is 0 Å². The van der Waals surface area contributed by atoms with Crippen molar-refractivity contribution in [1.82, 2.24) is 19.4 Å². The van der Waals surface area contributed by atoms with E-state index in [1.54, 1.807) is 12.4 Å². The van der Waals surface area contributed by atoms with Crippen LogP contribution < -0.4 is 4.90 Å². The molecule has 144 valence electrons. The number of rotatable bonds is 2. The zero-order valence-corrected chi connectivity index (χ0v) is 16.4. The van der Waals surface area contributed by atoms with Crippen molar-refractivity contribution in [3.63, 3.8) is 0 Å². The molecule has 2 bridgehead atoms. The molecule has 2 atom stereocenters. The Labute approximate surface area is 164 Å². The summed E-state index contributed by atoms with van der Waals surface area (Å²) >= 11 is 0. The van der Waals surface area contributed by atoms with Crippen molar-refractivity contribution in [3.05, 3.63) is 54.1 Å². The van der Waals surface area contributed by atoms with Gasteiger partial charge in [0.2, 0.25) is 0 Å². The summed E-state index contributed by atoms with van der Waals surface area (Å²) in [4.78, 5) is 26.8. The summed E-state index contributed by atoms with van der Waals surface area (Å²) in [6.07, 6.45) is 7.49. The van der Waals surface area contributed by atoms with Crippen LogP contribution in [0.25, 0.3) is 10.9 Å². The second-order valence-corrected chi connectivity index (χ2v) is 8.07. The van der Waals surface area contributed by atoms with Gasteiger partial charge in [-0.25, -0.2) is 4.98 Å². The van der Waals surface area contributed by atoms with Gasteiger partial charge in [-0.15, -0.1) is 0 Å². The second-order valence-electron chi connectivity index (χ2n) is 8.07. The summed E-state index contributed by atoms with van der Waals surface area (Å²) in [6.45, 7) is 4.65. The van der Waals surface area contributed by atoms with Crippen LogP contribution in [0.2, 0.25) is 0 Å². The summed E-state index contributed by atoms with van der Waals surface area (Å²) < 4.78 is 2.06. The number of aromatic nitrogens is 3. The highest BCUT2D eigenvalue weighted by Gasteiger charge is 2.39. The van der Waals surface area contributed by atoms with Crippen LogP contribution in [0.1, 0.15) is 28.9 Å². The van der Waals surface area contributed by atoms with Gasteiger partial charge in [0.1, 0.15) is 11.5 Å². The third-order valence-corrected chi connectivity index (χ3v) is 6.41. The number of nitrogens with zero attached hydrogens (tertiary/aromatic N) is 5. The second kappa shape index (κ2) is 6.62. The summed E-state index contributed by atoms with van der Waals surface area (Å²) in [5.74, 6) is 1.54. The lowest BCUT2D eigenvalue weighted by Crippen LogP contribution is -2.48. The molecule has 28 heavy (non-hydrogen) atoms. The van der Waals surface area contributed by atoms with E-state index in [1.807, 2.05) is 25.4 Å². The van der Waals surface area contributed by atoms with E-state index in [-0.39, 0.29) is 11.9 Å². The lowest BCUT2D eigenvalue weighted by Gasteiger charge is -2.36. The Morgan fingerprint density at radius 3 is 2.75 bits per heavy atom. The van der Waals surface area contributed by atoms with Crippen LogP contribution in [-0.2, 0) is 7.05 Å². The number of piperidine rings is 1. The van der Waals surface area contributed by atoms with Crippen LogP contribution in [-0.4, -0.2) is 51.0 Å². The van der Waals surface area contributed by atoms with Crippen molar-refractivity contribution in [1.29, 1.82) is 0 Å². The van der Waals surface area contributed by atoms with Crippen molar-refractivity contribution < 1.29 is 4.79 Å². The topological polar surface area (TPSA) is 54.3 Å². The smallest absolute Gasteiger partial charge is 0.271 e. The van der Waals surface area contributed by atoms with Gasteiger partial charge in [0.15, 0.2) is 0 Å². The van der Waals surface area contributed by atoms with Crippen LogP contribution in [0.4, 0.5) is 5.82 Å². The monoisotopic (exact) mass is 375 g/mol. The molecular weight excluding hydrogens is 350 g/mol. The highest BCUT2D eigenvalue weighted by molar-refractivity contribution is 6.01. The first-order valence-electron chi connectivity index (χ1n) is 9.99. The van der Waals surface area contributed by atoms with Crippen molar-refractivity contribution in [2.45, 2.75) is 25.8 Å². The van der Waals surface area contributed by atoms with E-state index in [0.29, 0.717) is 5.92 Å². The highest BCUT2D eigenvalue weighted by atomic mass is 16.2. The van der Waals surface area contributed by atoms with Gasteiger partial charge in [0.05, 0.1) is 6.20 Å². The number of aryl methyl sites for hydroxylation is 2. The lowest BCUT2D eigenvalue weighted by atomic mass is 9.94. The predicted molar refractivity (Wildman–Crippen MR) is 109 cm³/mol. The van der Waals surface area contributed by atoms with Crippen LogP contribution in [0, 0.1) is 12.8 Å². The Morgan fingerprint density at radius 1 is 1.11 bits per heavy atom. The predicted octanol–water partition coefficient (Wildman–Crippen LogP) is 3.02. The van der Waals surface area contributed by atoms with Crippen molar-refractivity contribution >= 4 is 22.6 Å². The molecule has 0 saturated carbocycles. The fourth-order valence-electron chi connectivity index (χ4n) is 4.99. The highest BCUT2D eigenvalue weighted by Crippen LogP contribution is 2.33. The summed E-state index contributed by atoms with van der Waals surface area (Å²) in [5, 5.41) is 1.16. The van der Waals surface area contributed by atoms with Gasteiger partial charge in [-0.3, -0.25) is 9.78 Å². The molecule has 3 fully saturated rings. The SMILES string of the molecule is Cc1c(C(=O)N2C[C@H]3CC[C@@H]2CN(c2cnccn2)C3)n(C)c2ccccc12. The number of carbonyl (C=O) groups is 1. The van der Waals surface area contributed by atoms with Gasteiger partial charge >= 0.3 is 0 Å². The number of hydrogen-bond acceptors (Lipinski definition) is 4. The van der Waals surface area contributed by atoms with Crippen molar-refractivity contribution in [3.8, 4) is 0 Å². The number of hydrogen-bond donors (Lipinski definition) is 0. The van der Waals surface area contributed by atoms with Gasteiger partial charge in [-0.2, -0.15) is 0 Å². The Morgan fingerprint density at radius 2 is 1.96 bits per heavy atom. The molecule has 3 aliphatic heterocycles. The Hall–Kier alpha value is -2.89. The third kappa shape index (κ3) is 2.66. The largest absolute Gasteiger partial charge is 0.353 e. The minimum absolute atomic E-state index is 0.159. The molecule has 6 nitrogen and oxygen atoms in total. The van der Waals surface area contributed by atoms with Crippen LogP contribution >= 0.6 is 0 Å². The molecule has 6 heteroatoms. The zero-order valence-electron chi connectivity index (χ0n) is 16.4. The maximum atomic E-state index is 13.7. The first-order chi connectivity index (χ1) is 13.6. The molecule has 1 aromatic carbocycles. The molecule has 0 spiro atoms. The minimum Gasteiger partial charge on any atom is -0.353 e.